The lowest BCUT2D eigenvalue weighted by molar-refractivity contribution is 0.353. The van der Waals surface area contributed by atoms with E-state index in [1.54, 1.807) is 6.20 Å². The van der Waals surface area contributed by atoms with E-state index in [-0.39, 0.29) is 5.41 Å². The summed E-state index contributed by atoms with van der Waals surface area (Å²) in [4.78, 5) is 18.6. The molecule has 31 heavy (non-hydrogen) atoms. The van der Waals surface area contributed by atoms with Crippen LogP contribution in [0.1, 0.15) is 43.7 Å². The maximum Gasteiger partial charge on any atom is 0.335 e. The van der Waals surface area contributed by atoms with Crippen molar-refractivity contribution in [1.29, 1.82) is 0 Å². The molecule has 0 spiro atoms. The highest BCUT2D eigenvalue weighted by atomic mass is 32.1. The summed E-state index contributed by atoms with van der Waals surface area (Å²) >= 11 is -0.750. The molecule has 10 heteroatoms. The van der Waals surface area contributed by atoms with E-state index in [2.05, 4.69) is 35.0 Å². The molecule has 0 atom stereocenters. The number of aryl methyl sites for hydroxylation is 3. The number of hydrogen-bond donors (Lipinski definition) is 0. The van der Waals surface area contributed by atoms with Gasteiger partial charge >= 0.3 is 11.6 Å². The molecule has 0 amide bonds. The fraction of sp³-hybridized carbons (Fsp3) is 0.381. The van der Waals surface area contributed by atoms with Gasteiger partial charge in [0.2, 0.25) is 11.7 Å². The van der Waals surface area contributed by atoms with E-state index in [1.165, 1.54) is 0 Å². The average Bonchev–Trinajstić information content (AvgIpc) is 3.19. The van der Waals surface area contributed by atoms with Crippen molar-refractivity contribution in [3.8, 4) is 22.9 Å². The molecule has 0 N–H and O–H groups in total. The average molecular weight is 439 g/mol. The van der Waals surface area contributed by atoms with Crippen LogP contribution >= 0.6 is 0 Å². The van der Waals surface area contributed by atoms with Gasteiger partial charge in [0.05, 0.1) is 0 Å². The molecule has 0 unspecified atom stereocenters. The molecule has 1 aliphatic carbocycles. The molecule has 160 valence electrons. The first-order chi connectivity index (χ1) is 14.9. The topological polar surface area (TPSA) is 117 Å². The number of hydrogen-bond acceptors (Lipinski definition) is 8. The van der Waals surface area contributed by atoms with Crippen LogP contribution in [0.4, 0.5) is 0 Å². The van der Waals surface area contributed by atoms with Crippen molar-refractivity contribution in [2.24, 2.45) is 7.05 Å². The minimum absolute atomic E-state index is 0.0599. The summed E-state index contributed by atoms with van der Waals surface area (Å²) in [5, 5.41) is 4.18. The van der Waals surface area contributed by atoms with Gasteiger partial charge in [0, 0.05) is 30.4 Å². The molecule has 4 heterocycles. The van der Waals surface area contributed by atoms with Gasteiger partial charge in [-0.1, -0.05) is 19.0 Å². The van der Waals surface area contributed by atoms with E-state index in [1.807, 2.05) is 30.8 Å². The van der Waals surface area contributed by atoms with Crippen molar-refractivity contribution in [2.75, 3.05) is 0 Å². The molecule has 0 bridgehead atoms. The van der Waals surface area contributed by atoms with Gasteiger partial charge in [-0.2, -0.15) is 13.4 Å². The zero-order chi connectivity index (χ0) is 22.2. The fourth-order valence-electron chi connectivity index (χ4n) is 3.48. The molecule has 1 saturated carbocycles. The normalized spacial score (nSPS) is 14.2. The molecule has 4 aromatic heterocycles. The third-order valence-electron chi connectivity index (χ3n) is 5.61. The van der Waals surface area contributed by atoms with Crippen LogP contribution in [-0.2, 0) is 30.5 Å². The second kappa shape index (κ2) is 8.10. The van der Waals surface area contributed by atoms with Crippen molar-refractivity contribution in [3.05, 3.63) is 41.5 Å². The first-order valence-electron chi connectivity index (χ1n) is 9.95. The Morgan fingerprint density at radius 1 is 1.16 bits per heavy atom. The van der Waals surface area contributed by atoms with Crippen LogP contribution in [0.15, 0.2) is 29.0 Å². The van der Waals surface area contributed by atoms with E-state index in [9.17, 15) is 0 Å². The highest BCUT2D eigenvalue weighted by Crippen LogP contribution is 2.47. The SMILES string of the molecule is CCc1cc(-c2noc(C3(C)CC3)n2)cnc1-c1nc2cc(C)cnc2n1C.O=S=O. The second-order valence-electron chi connectivity index (χ2n) is 7.99. The molecule has 1 aliphatic rings. The van der Waals surface area contributed by atoms with E-state index in [4.69, 9.17) is 22.9 Å². The monoisotopic (exact) mass is 438 g/mol. The zero-order valence-electron chi connectivity index (χ0n) is 17.7. The van der Waals surface area contributed by atoms with Gasteiger partial charge in [0.15, 0.2) is 11.5 Å². The molecule has 0 radical (unpaired) electrons. The van der Waals surface area contributed by atoms with E-state index >= 15 is 0 Å². The Balaban J connectivity index is 0.000000730. The highest BCUT2D eigenvalue weighted by Gasteiger charge is 2.44. The molecule has 9 nitrogen and oxygen atoms in total. The van der Waals surface area contributed by atoms with E-state index in [0.29, 0.717) is 5.82 Å². The van der Waals surface area contributed by atoms with Gasteiger partial charge in [0.1, 0.15) is 11.2 Å². The van der Waals surface area contributed by atoms with Crippen LogP contribution in [0.2, 0.25) is 0 Å². The molecule has 0 saturated heterocycles. The summed E-state index contributed by atoms with van der Waals surface area (Å²) in [5.41, 5.74) is 5.71. The lowest BCUT2D eigenvalue weighted by Crippen LogP contribution is -2.01. The Morgan fingerprint density at radius 2 is 1.90 bits per heavy atom. The summed E-state index contributed by atoms with van der Waals surface area (Å²) in [6, 6.07) is 4.13. The first-order valence-corrected chi connectivity index (χ1v) is 10.6. The predicted molar refractivity (Wildman–Crippen MR) is 115 cm³/mol. The fourth-order valence-corrected chi connectivity index (χ4v) is 3.48. The van der Waals surface area contributed by atoms with Crippen molar-refractivity contribution >= 4 is 22.7 Å². The molecule has 1 fully saturated rings. The maximum absolute atomic E-state index is 8.29. The Hall–Kier alpha value is -3.27. The minimum Gasteiger partial charge on any atom is -0.338 e. The van der Waals surface area contributed by atoms with Gasteiger partial charge in [-0.15, -0.1) is 0 Å². The number of pyridine rings is 2. The number of rotatable bonds is 4. The Kier molecular flexibility index (Phi) is 5.48. The van der Waals surface area contributed by atoms with Crippen molar-refractivity contribution in [3.63, 3.8) is 0 Å². The predicted octanol–water partition coefficient (Wildman–Crippen LogP) is 3.33. The number of nitrogens with zero attached hydrogens (tertiary/aromatic N) is 6. The smallest absolute Gasteiger partial charge is 0.335 e. The summed E-state index contributed by atoms with van der Waals surface area (Å²) < 4.78 is 24.1. The Labute approximate surface area is 182 Å². The summed E-state index contributed by atoms with van der Waals surface area (Å²) in [7, 11) is 1.98. The highest BCUT2D eigenvalue weighted by molar-refractivity contribution is 7.51. The quantitative estimate of drug-likeness (QED) is 0.476. The first kappa shape index (κ1) is 21.0. The largest absolute Gasteiger partial charge is 0.338 e. The van der Waals surface area contributed by atoms with Crippen LogP contribution in [0.25, 0.3) is 34.1 Å². The van der Waals surface area contributed by atoms with Crippen molar-refractivity contribution in [1.82, 2.24) is 29.7 Å². The Bertz CT molecular complexity index is 1300. The molecular formula is C21H22N6O3S. The van der Waals surface area contributed by atoms with Crippen LogP contribution in [-0.4, -0.2) is 38.1 Å². The molecular weight excluding hydrogens is 416 g/mol. The minimum atomic E-state index is -0.750. The number of fused-ring (bicyclic) bond motifs is 1. The molecule has 4 aromatic rings. The number of imidazole rings is 1. The molecule has 5 rings (SSSR count). The zero-order valence-corrected chi connectivity index (χ0v) is 18.6. The van der Waals surface area contributed by atoms with Gasteiger partial charge < -0.3 is 9.09 Å². The molecule has 0 aromatic carbocycles. The summed E-state index contributed by atoms with van der Waals surface area (Å²) in [5.74, 6) is 2.14. The van der Waals surface area contributed by atoms with E-state index < -0.39 is 11.6 Å². The standard InChI is InChI=1S/C21H22N6O.O2S/c1-5-13-9-14(17-25-20(28-26-17)21(3)6-7-21)11-22-16(13)19-24-15-8-12(2)10-23-18(15)27(19)4;1-3-2/h8-11H,5-7H2,1-4H3;. The van der Waals surface area contributed by atoms with E-state index in [0.717, 1.165) is 64.5 Å². The van der Waals surface area contributed by atoms with Gasteiger partial charge in [-0.25, -0.2) is 9.97 Å². The van der Waals surface area contributed by atoms with Crippen molar-refractivity contribution < 1.29 is 12.9 Å². The van der Waals surface area contributed by atoms with Gasteiger partial charge in [-0.3, -0.25) is 4.98 Å². The van der Waals surface area contributed by atoms with Crippen LogP contribution < -0.4 is 0 Å². The lowest BCUT2D eigenvalue weighted by Gasteiger charge is -2.08. The summed E-state index contributed by atoms with van der Waals surface area (Å²) in [6.07, 6.45) is 6.70. The van der Waals surface area contributed by atoms with Crippen LogP contribution in [0.5, 0.6) is 0 Å². The Morgan fingerprint density at radius 3 is 2.58 bits per heavy atom. The van der Waals surface area contributed by atoms with Crippen molar-refractivity contribution in [2.45, 2.75) is 45.4 Å². The molecule has 0 aliphatic heterocycles. The third kappa shape index (κ3) is 3.90. The second-order valence-corrected chi connectivity index (χ2v) is 8.12. The third-order valence-corrected chi connectivity index (χ3v) is 5.61. The van der Waals surface area contributed by atoms with Crippen LogP contribution in [0, 0.1) is 6.92 Å². The lowest BCUT2D eigenvalue weighted by atomic mass is 10.1. The number of aromatic nitrogens is 6. The maximum atomic E-state index is 8.29. The van der Waals surface area contributed by atoms with Gasteiger partial charge in [0.25, 0.3) is 0 Å². The van der Waals surface area contributed by atoms with Gasteiger partial charge in [-0.05, 0) is 49.4 Å². The summed E-state index contributed by atoms with van der Waals surface area (Å²) in [6.45, 7) is 6.29. The van der Waals surface area contributed by atoms with Crippen LogP contribution in [0.3, 0.4) is 0 Å².